The van der Waals surface area contributed by atoms with Gasteiger partial charge in [0, 0.05) is 43.2 Å². The number of thiocarbonyl (C=S) groups is 1. The van der Waals surface area contributed by atoms with Crippen LogP contribution in [0.1, 0.15) is 13.8 Å². The minimum absolute atomic E-state index is 0.803. The van der Waals surface area contributed by atoms with Crippen molar-refractivity contribution < 1.29 is 4.57 Å². The van der Waals surface area contributed by atoms with Crippen LogP contribution in [-0.4, -0.2) is 46.2 Å². The first-order chi connectivity index (χ1) is 13.0. The number of aromatic nitrogens is 2. The fourth-order valence-electron chi connectivity index (χ4n) is 2.57. The summed E-state index contributed by atoms with van der Waals surface area (Å²) in [7, 11) is 6.01. The molecule has 2 aromatic rings. The first-order valence-corrected chi connectivity index (χ1v) is 10.5. The van der Waals surface area contributed by atoms with Gasteiger partial charge >= 0.3 is 5.95 Å². The SMILES string of the molecule is CCN(CC)C(=S)SCCN(C)c1ccc(/N=N/c2n(C)cc[n+]2C)cc1. The van der Waals surface area contributed by atoms with Gasteiger partial charge in [-0.05, 0) is 38.1 Å². The minimum Gasteiger partial charge on any atom is -0.374 e. The molecule has 0 aliphatic carbocycles. The van der Waals surface area contributed by atoms with Crippen molar-refractivity contribution in [1.29, 1.82) is 0 Å². The van der Waals surface area contributed by atoms with E-state index in [9.17, 15) is 0 Å². The number of anilines is 1. The molecular formula is C19H29N6S2+. The lowest BCUT2D eigenvalue weighted by Crippen LogP contribution is -2.28. The second-order valence-electron chi connectivity index (χ2n) is 6.24. The van der Waals surface area contributed by atoms with Gasteiger partial charge < -0.3 is 9.80 Å². The van der Waals surface area contributed by atoms with Gasteiger partial charge in [0.1, 0.15) is 10.0 Å². The van der Waals surface area contributed by atoms with Crippen molar-refractivity contribution in [2.24, 2.45) is 24.3 Å². The average molecular weight is 406 g/mol. The van der Waals surface area contributed by atoms with E-state index in [1.165, 1.54) is 0 Å². The van der Waals surface area contributed by atoms with Crippen LogP contribution in [-0.2, 0) is 14.1 Å². The maximum Gasteiger partial charge on any atom is 0.421 e. The van der Waals surface area contributed by atoms with Gasteiger partial charge in [0.2, 0.25) is 0 Å². The van der Waals surface area contributed by atoms with Crippen molar-refractivity contribution >= 4 is 45.6 Å². The number of thioether (sulfide) groups is 1. The topological polar surface area (TPSA) is 40.0 Å². The average Bonchev–Trinajstić information content (AvgIpc) is 2.99. The normalized spacial score (nSPS) is 11.1. The molecule has 0 spiro atoms. The number of azo groups is 1. The zero-order valence-electron chi connectivity index (χ0n) is 16.8. The van der Waals surface area contributed by atoms with Crippen LogP contribution < -0.4 is 9.47 Å². The molecule has 8 heteroatoms. The highest BCUT2D eigenvalue weighted by Crippen LogP contribution is 2.21. The number of hydrogen-bond donors (Lipinski definition) is 0. The zero-order valence-corrected chi connectivity index (χ0v) is 18.4. The van der Waals surface area contributed by atoms with E-state index < -0.39 is 0 Å². The summed E-state index contributed by atoms with van der Waals surface area (Å²) in [5, 5.41) is 8.66. The lowest BCUT2D eigenvalue weighted by atomic mass is 10.2. The number of aryl methyl sites for hydroxylation is 2. The third kappa shape index (κ3) is 6.04. The van der Waals surface area contributed by atoms with E-state index in [1.807, 2.05) is 47.8 Å². The van der Waals surface area contributed by atoms with E-state index in [1.54, 1.807) is 11.8 Å². The highest BCUT2D eigenvalue weighted by Gasteiger charge is 2.10. The zero-order chi connectivity index (χ0) is 19.8. The van der Waals surface area contributed by atoms with Crippen molar-refractivity contribution in [1.82, 2.24) is 9.47 Å². The Morgan fingerprint density at radius 1 is 1.19 bits per heavy atom. The van der Waals surface area contributed by atoms with Gasteiger partial charge in [0.15, 0.2) is 0 Å². The van der Waals surface area contributed by atoms with E-state index in [0.717, 1.165) is 47.0 Å². The summed E-state index contributed by atoms with van der Waals surface area (Å²) >= 11 is 7.23. The highest BCUT2D eigenvalue weighted by atomic mass is 32.2. The van der Waals surface area contributed by atoms with Crippen LogP contribution in [0.15, 0.2) is 46.9 Å². The molecule has 0 amide bonds. The van der Waals surface area contributed by atoms with Gasteiger partial charge in [-0.15, -0.1) is 0 Å². The number of rotatable bonds is 8. The van der Waals surface area contributed by atoms with E-state index in [-0.39, 0.29) is 0 Å². The standard InChI is InChI=1S/C19H29N6S2/c1-6-25(7-2)19(26)27-15-14-22(3)17-10-8-16(9-11-17)20-21-18-23(4)12-13-24(18)5/h8-13H,6-7,14-15H2,1-5H3/q+1. The summed E-state index contributed by atoms with van der Waals surface area (Å²) in [4.78, 5) is 4.45. The summed E-state index contributed by atoms with van der Waals surface area (Å²) in [6, 6.07) is 8.14. The third-order valence-corrected chi connectivity index (χ3v) is 5.87. The van der Waals surface area contributed by atoms with Crippen LogP contribution in [0, 0.1) is 0 Å². The molecule has 6 nitrogen and oxygen atoms in total. The predicted molar refractivity (Wildman–Crippen MR) is 118 cm³/mol. The molecular weight excluding hydrogens is 376 g/mol. The Morgan fingerprint density at radius 2 is 1.85 bits per heavy atom. The molecule has 1 heterocycles. The highest BCUT2D eigenvalue weighted by molar-refractivity contribution is 8.22. The maximum atomic E-state index is 5.48. The molecule has 0 saturated heterocycles. The fraction of sp³-hybridized carbons (Fsp3) is 0.474. The van der Waals surface area contributed by atoms with Gasteiger partial charge in [-0.3, -0.25) is 0 Å². The predicted octanol–water partition coefficient (Wildman–Crippen LogP) is 4.06. The van der Waals surface area contributed by atoms with E-state index >= 15 is 0 Å². The maximum absolute atomic E-state index is 5.48. The number of nitrogens with zero attached hydrogens (tertiary/aromatic N) is 6. The van der Waals surface area contributed by atoms with Crippen LogP contribution in [0.2, 0.25) is 0 Å². The summed E-state index contributed by atoms with van der Waals surface area (Å²) in [5.41, 5.74) is 2.00. The van der Waals surface area contributed by atoms with Crippen molar-refractivity contribution in [3.63, 3.8) is 0 Å². The van der Waals surface area contributed by atoms with Crippen LogP contribution in [0.4, 0.5) is 17.3 Å². The van der Waals surface area contributed by atoms with Gasteiger partial charge in [-0.1, -0.05) is 29.1 Å². The Labute approximate surface area is 171 Å². The van der Waals surface area contributed by atoms with Crippen molar-refractivity contribution in [2.45, 2.75) is 13.8 Å². The first-order valence-electron chi connectivity index (χ1n) is 9.11. The Kier molecular flexibility index (Phi) is 8.24. The molecule has 0 N–H and O–H groups in total. The molecule has 0 fully saturated rings. The molecule has 0 aliphatic heterocycles. The molecule has 146 valence electrons. The van der Waals surface area contributed by atoms with Crippen LogP contribution in [0.3, 0.4) is 0 Å². The monoisotopic (exact) mass is 405 g/mol. The molecule has 27 heavy (non-hydrogen) atoms. The first kappa shape index (κ1) is 21.4. The molecule has 2 rings (SSSR count). The van der Waals surface area contributed by atoms with Crippen molar-refractivity contribution in [3.8, 4) is 0 Å². The smallest absolute Gasteiger partial charge is 0.374 e. The van der Waals surface area contributed by atoms with Gasteiger partial charge in [-0.25, -0.2) is 9.13 Å². The molecule has 0 radical (unpaired) electrons. The number of imidazole rings is 1. The van der Waals surface area contributed by atoms with Crippen molar-refractivity contribution in [2.75, 3.05) is 37.3 Å². The quantitative estimate of drug-likeness (QED) is 0.377. The Morgan fingerprint density at radius 3 is 2.41 bits per heavy atom. The molecule has 0 bridgehead atoms. The number of benzene rings is 1. The Balaban J connectivity index is 1.88. The lowest BCUT2D eigenvalue weighted by molar-refractivity contribution is -0.657. The van der Waals surface area contributed by atoms with E-state index in [2.05, 4.69) is 53.1 Å². The fourth-order valence-corrected chi connectivity index (χ4v) is 4.06. The molecule has 0 atom stereocenters. The largest absolute Gasteiger partial charge is 0.421 e. The lowest BCUT2D eigenvalue weighted by Gasteiger charge is -2.23. The van der Waals surface area contributed by atoms with Gasteiger partial charge in [0.25, 0.3) is 0 Å². The second kappa shape index (κ2) is 10.4. The van der Waals surface area contributed by atoms with Crippen LogP contribution in [0.25, 0.3) is 0 Å². The summed E-state index contributed by atoms with van der Waals surface area (Å²) in [6.45, 7) is 7.15. The van der Waals surface area contributed by atoms with E-state index in [4.69, 9.17) is 12.2 Å². The summed E-state index contributed by atoms with van der Waals surface area (Å²) in [6.07, 6.45) is 3.91. The Bertz CT molecular complexity index is 746. The minimum atomic E-state index is 0.803. The molecule has 1 aromatic heterocycles. The number of hydrogen-bond acceptors (Lipinski definition) is 5. The van der Waals surface area contributed by atoms with Crippen molar-refractivity contribution in [3.05, 3.63) is 36.7 Å². The van der Waals surface area contributed by atoms with E-state index in [0.29, 0.717) is 0 Å². The second-order valence-corrected chi connectivity index (χ2v) is 7.97. The van der Waals surface area contributed by atoms with Gasteiger partial charge in [-0.2, -0.15) is 0 Å². The Hall–Kier alpha value is -1.93. The molecule has 0 unspecified atom stereocenters. The van der Waals surface area contributed by atoms with Gasteiger partial charge in [0.05, 0.1) is 26.5 Å². The molecule has 0 saturated carbocycles. The molecule has 1 aromatic carbocycles. The van der Waals surface area contributed by atoms with Crippen LogP contribution >= 0.6 is 24.0 Å². The summed E-state index contributed by atoms with van der Waals surface area (Å²) in [5.74, 6) is 1.77. The summed E-state index contributed by atoms with van der Waals surface area (Å²) < 4.78 is 4.86. The van der Waals surface area contributed by atoms with Crippen LogP contribution in [0.5, 0.6) is 0 Å². The molecule has 0 aliphatic rings. The third-order valence-electron chi connectivity index (χ3n) is 4.36.